The van der Waals surface area contributed by atoms with Gasteiger partial charge in [0.1, 0.15) is 0 Å². The Morgan fingerprint density at radius 2 is 2.12 bits per heavy atom. The summed E-state index contributed by atoms with van der Waals surface area (Å²) in [6.07, 6.45) is 8.33. The highest BCUT2D eigenvalue weighted by Gasteiger charge is 2.05. The molecule has 0 aliphatic carbocycles. The minimum Gasteiger partial charge on any atom is -0.352 e. The van der Waals surface area contributed by atoms with Crippen LogP contribution in [0.5, 0.6) is 0 Å². The van der Waals surface area contributed by atoms with Crippen LogP contribution in [0.2, 0.25) is 0 Å². The van der Waals surface area contributed by atoms with Crippen LogP contribution in [-0.2, 0) is 4.79 Å². The first kappa shape index (κ1) is 16.0. The molecule has 0 spiro atoms. The Hall–Kier alpha value is -1.02. The fourth-order valence-corrected chi connectivity index (χ4v) is 1.50. The van der Waals surface area contributed by atoms with E-state index in [2.05, 4.69) is 18.8 Å². The van der Waals surface area contributed by atoms with E-state index in [9.17, 15) is 4.79 Å². The Balaban J connectivity index is 4.58. The number of rotatable bonds is 8. The van der Waals surface area contributed by atoms with Crippen molar-refractivity contribution in [2.24, 2.45) is 0 Å². The van der Waals surface area contributed by atoms with Gasteiger partial charge in [0.05, 0.1) is 0 Å². The first-order valence-corrected chi connectivity index (χ1v) is 6.60. The van der Waals surface area contributed by atoms with Gasteiger partial charge in [0.15, 0.2) is 0 Å². The van der Waals surface area contributed by atoms with Crippen molar-refractivity contribution in [1.29, 1.82) is 0 Å². The standard InChI is InChI=1S/C14H22ClNO/c1-4-7-9-16-14(17)13(6-3)10-12(11-15)8-5-2/h6,8,10H,3-5,7,9,11H2,1-2H3,(H,16,17)/b12-8+,13-10+. The maximum absolute atomic E-state index is 11.8. The Kier molecular flexibility index (Phi) is 9.55. The summed E-state index contributed by atoms with van der Waals surface area (Å²) < 4.78 is 0. The Bertz CT molecular complexity index is 305. The normalized spacial score (nSPS) is 12.4. The Morgan fingerprint density at radius 1 is 1.41 bits per heavy atom. The summed E-state index contributed by atoms with van der Waals surface area (Å²) in [5.74, 6) is 0.327. The maximum atomic E-state index is 11.8. The largest absolute Gasteiger partial charge is 0.352 e. The summed E-state index contributed by atoms with van der Waals surface area (Å²) in [6.45, 7) is 8.49. The van der Waals surface area contributed by atoms with Crippen LogP contribution in [0.25, 0.3) is 0 Å². The zero-order chi connectivity index (χ0) is 13.1. The molecule has 0 atom stereocenters. The summed E-state index contributed by atoms with van der Waals surface area (Å²) in [5.41, 5.74) is 1.52. The molecular formula is C14H22ClNO. The topological polar surface area (TPSA) is 29.1 Å². The van der Waals surface area contributed by atoms with Crippen molar-refractivity contribution >= 4 is 17.5 Å². The average Bonchev–Trinajstić information content (AvgIpc) is 2.34. The van der Waals surface area contributed by atoms with Crippen molar-refractivity contribution in [2.45, 2.75) is 33.1 Å². The number of allylic oxidation sites excluding steroid dienone is 3. The van der Waals surface area contributed by atoms with Gasteiger partial charge in [0.2, 0.25) is 0 Å². The predicted octanol–water partition coefficient (Wildman–Crippen LogP) is 3.59. The first-order valence-electron chi connectivity index (χ1n) is 6.06. The monoisotopic (exact) mass is 255 g/mol. The van der Waals surface area contributed by atoms with Gasteiger partial charge in [-0.15, -0.1) is 11.6 Å². The van der Waals surface area contributed by atoms with E-state index < -0.39 is 0 Å². The van der Waals surface area contributed by atoms with Crippen LogP contribution in [0, 0.1) is 0 Å². The number of carbonyl (C=O) groups excluding carboxylic acids is 1. The van der Waals surface area contributed by atoms with Crippen molar-refractivity contribution in [1.82, 2.24) is 5.32 Å². The van der Waals surface area contributed by atoms with Gasteiger partial charge in [0.25, 0.3) is 5.91 Å². The third-order valence-corrected chi connectivity index (χ3v) is 2.57. The molecule has 17 heavy (non-hydrogen) atoms. The minimum atomic E-state index is -0.0828. The van der Waals surface area contributed by atoms with E-state index in [1.54, 1.807) is 12.2 Å². The predicted molar refractivity (Wildman–Crippen MR) is 75.3 cm³/mol. The molecular weight excluding hydrogens is 234 g/mol. The SMILES string of the molecule is C=C/C(=C\C(=C/CC)CCl)C(=O)NCCCC. The molecule has 0 aromatic rings. The highest BCUT2D eigenvalue weighted by molar-refractivity contribution is 6.19. The maximum Gasteiger partial charge on any atom is 0.251 e. The summed E-state index contributed by atoms with van der Waals surface area (Å²) in [7, 11) is 0. The van der Waals surface area contributed by atoms with Crippen molar-refractivity contribution in [3.05, 3.63) is 36.0 Å². The first-order chi connectivity index (χ1) is 8.19. The highest BCUT2D eigenvalue weighted by atomic mass is 35.5. The lowest BCUT2D eigenvalue weighted by atomic mass is 10.1. The molecule has 0 unspecified atom stereocenters. The summed E-state index contributed by atoms with van der Waals surface area (Å²) in [5, 5.41) is 2.86. The zero-order valence-electron chi connectivity index (χ0n) is 10.8. The molecule has 2 nitrogen and oxygen atoms in total. The van der Waals surface area contributed by atoms with Crippen LogP contribution in [0.15, 0.2) is 36.0 Å². The molecule has 0 saturated carbocycles. The summed E-state index contributed by atoms with van der Waals surface area (Å²) in [6, 6.07) is 0. The molecule has 0 bridgehead atoms. The van der Waals surface area contributed by atoms with Crippen molar-refractivity contribution in [3.8, 4) is 0 Å². The highest BCUT2D eigenvalue weighted by Crippen LogP contribution is 2.07. The van der Waals surface area contributed by atoms with Crippen LogP contribution >= 0.6 is 11.6 Å². The van der Waals surface area contributed by atoms with Crippen molar-refractivity contribution in [2.75, 3.05) is 12.4 Å². The molecule has 0 rings (SSSR count). The van der Waals surface area contributed by atoms with Gasteiger partial charge in [-0.3, -0.25) is 4.79 Å². The molecule has 0 aromatic heterocycles. The van der Waals surface area contributed by atoms with Gasteiger partial charge in [-0.05, 0) is 24.5 Å². The zero-order valence-corrected chi connectivity index (χ0v) is 11.5. The molecule has 0 fully saturated rings. The van der Waals surface area contributed by atoms with Crippen molar-refractivity contribution in [3.63, 3.8) is 0 Å². The number of alkyl halides is 1. The van der Waals surface area contributed by atoms with Crippen LogP contribution in [0.1, 0.15) is 33.1 Å². The number of amides is 1. The van der Waals surface area contributed by atoms with E-state index in [-0.39, 0.29) is 5.91 Å². The second kappa shape index (κ2) is 10.2. The number of hydrogen-bond acceptors (Lipinski definition) is 1. The molecule has 0 saturated heterocycles. The smallest absolute Gasteiger partial charge is 0.251 e. The van der Waals surface area contributed by atoms with E-state index in [1.165, 1.54) is 0 Å². The third-order valence-electron chi connectivity index (χ3n) is 2.26. The van der Waals surface area contributed by atoms with Gasteiger partial charge in [-0.1, -0.05) is 39.0 Å². The van der Waals surface area contributed by atoms with E-state index >= 15 is 0 Å². The minimum absolute atomic E-state index is 0.0828. The fraction of sp³-hybridized carbons (Fsp3) is 0.500. The quantitative estimate of drug-likeness (QED) is 0.305. The van der Waals surface area contributed by atoms with Crippen LogP contribution in [-0.4, -0.2) is 18.3 Å². The van der Waals surface area contributed by atoms with Gasteiger partial charge in [-0.25, -0.2) is 0 Å². The molecule has 1 amide bonds. The molecule has 0 aromatic carbocycles. The van der Waals surface area contributed by atoms with Gasteiger partial charge in [0, 0.05) is 18.0 Å². The Morgan fingerprint density at radius 3 is 2.59 bits per heavy atom. The second-order valence-electron chi connectivity index (χ2n) is 3.73. The number of unbranched alkanes of at least 4 members (excludes halogenated alkanes) is 1. The summed E-state index contributed by atoms with van der Waals surface area (Å²) in [4.78, 5) is 11.8. The van der Waals surface area contributed by atoms with Crippen LogP contribution in [0.3, 0.4) is 0 Å². The number of carbonyl (C=O) groups is 1. The van der Waals surface area contributed by atoms with Crippen molar-refractivity contribution < 1.29 is 4.79 Å². The van der Waals surface area contributed by atoms with Crippen LogP contribution in [0.4, 0.5) is 0 Å². The fourth-order valence-electron chi connectivity index (χ4n) is 1.31. The lowest BCUT2D eigenvalue weighted by Gasteiger charge is -2.05. The van der Waals surface area contributed by atoms with E-state index in [4.69, 9.17) is 11.6 Å². The third kappa shape index (κ3) is 7.01. The van der Waals surface area contributed by atoms with E-state index in [0.29, 0.717) is 18.0 Å². The van der Waals surface area contributed by atoms with Gasteiger partial charge < -0.3 is 5.32 Å². The second-order valence-corrected chi connectivity index (χ2v) is 4.00. The molecule has 1 N–H and O–H groups in total. The molecule has 96 valence electrons. The van der Waals surface area contributed by atoms with E-state index in [0.717, 1.165) is 24.8 Å². The average molecular weight is 256 g/mol. The van der Waals surface area contributed by atoms with E-state index in [1.807, 2.05) is 13.0 Å². The lowest BCUT2D eigenvalue weighted by Crippen LogP contribution is -2.25. The molecule has 3 heteroatoms. The molecule has 0 heterocycles. The summed E-state index contributed by atoms with van der Waals surface area (Å²) >= 11 is 5.80. The number of halogens is 1. The Labute approximate surface area is 109 Å². The van der Waals surface area contributed by atoms with Gasteiger partial charge in [-0.2, -0.15) is 0 Å². The van der Waals surface area contributed by atoms with Gasteiger partial charge >= 0.3 is 0 Å². The molecule has 0 radical (unpaired) electrons. The molecule has 0 aliphatic rings. The number of nitrogens with one attached hydrogen (secondary N) is 1. The molecule has 0 aliphatic heterocycles. The van der Waals surface area contributed by atoms with Crippen LogP contribution < -0.4 is 5.32 Å². The number of hydrogen-bond donors (Lipinski definition) is 1. The lowest BCUT2D eigenvalue weighted by molar-refractivity contribution is -0.117.